The lowest BCUT2D eigenvalue weighted by molar-refractivity contribution is 0.495. The zero-order chi connectivity index (χ0) is 13.0. The summed E-state index contributed by atoms with van der Waals surface area (Å²) in [5.41, 5.74) is 3.93. The van der Waals surface area contributed by atoms with Crippen molar-refractivity contribution in [1.29, 1.82) is 0 Å². The highest BCUT2D eigenvalue weighted by Gasteiger charge is 2.15. The first kappa shape index (κ1) is 12.9. The van der Waals surface area contributed by atoms with Crippen LogP contribution in [0.3, 0.4) is 0 Å². The van der Waals surface area contributed by atoms with Gasteiger partial charge in [-0.15, -0.1) is 0 Å². The van der Waals surface area contributed by atoms with E-state index in [1.54, 1.807) is 6.26 Å². The van der Waals surface area contributed by atoms with Crippen LogP contribution < -0.4 is 5.32 Å². The zero-order valence-corrected chi connectivity index (χ0v) is 11.4. The number of likely N-dealkylation sites (N-methyl/N-ethyl adjacent to an activating group) is 1. The number of benzene rings is 1. The summed E-state index contributed by atoms with van der Waals surface area (Å²) in [5.74, 6) is 1.08. The van der Waals surface area contributed by atoms with Crippen LogP contribution in [-0.4, -0.2) is 7.05 Å². The Bertz CT molecular complexity index is 484. The van der Waals surface area contributed by atoms with E-state index in [-0.39, 0.29) is 0 Å². The van der Waals surface area contributed by atoms with Crippen molar-refractivity contribution in [2.75, 3.05) is 7.05 Å². The molecule has 0 bridgehead atoms. The third-order valence-corrected chi connectivity index (χ3v) is 3.39. The van der Waals surface area contributed by atoms with E-state index >= 15 is 0 Å². The van der Waals surface area contributed by atoms with E-state index in [0.29, 0.717) is 6.04 Å². The minimum atomic E-state index is 0.321. The lowest BCUT2D eigenvalue weighted by Gasteiger charge is -2.16. The van der Waals surface area contributed by atoms with Gasteiger partial charge in [-0.25, -0.2) is 0 Å². The van der Waals surface area contributed by atoms with Crippen LogP contribution in [0.2, 0.25) is 0 Å². The molecule has 0 aliphatic heterocycles. The van der Waals surface area contributed by atoms with Crippen molar-refractivity contribution >= 4 is 0 Å². The second kappa shape index (κ2) is 5.87. The van der Waals surface area contributed by atoms with E-state index in [2.05, 4.69) is 49.5 Å². The van der Waals surface area contributed by atoms with Crippen LogP contribution in [0.4, 0.5) is 0 Å². The van der Waals surface area contributed by atoms with Crippen molar-refractivity contribution in [3.8, 4) is 0 Å². The van der Waals surface area contributed by atoms with Crippen molar-refractivity contribution in [1.82, 2.24) is 5.32 Å². The average Bonchev–Trinajstić information content (AvgIpc) is 2.86. The summed E-state index contributed by atoms with van der Waals surface area (Å²) < 4.78 is 5.51. The molecule has 0 fully saturated rings. The molecule has 2 heteroatoms. The van der Waals surface area contributed by atoms with Crippen LogP contribution in [0.25, 0.3) is 0 Å². The minimum Gasteiger partial charge on any atom is -0.469 e. The highest BCUT2D eigenvalue weighted by atomic mass is 16.3. The molecule has 0 amide bonds. The Morgan fingerprint density at radius 2 is 1.89 bits per heavy atom. The van der Waals surface area contributed by atoms with Crippen molar-refractivity contribution < 1.29 is 4.42 Å². The maximum absolute atomic E-state index is 5.51. The van der Waals surface area contributed by atoms with E-state index in [9.17, 15) is 0 Å². The van der Waals surface area contributed by atoms with E-state index in [1.807, 2.05) is 7.05 Å². The summed E-state index contributed by atoms with van der Waals surface area (Å²) in [6.45, 7) is 4.24. The normalized spacial score (nSPS) is 12.6. The fraction of sp³-hybridized carbons (Fsp3) is 0.375. The summed E-state index contributed by atoms with van der Waals surface area (Å²) >= 11 is 0. The van der Waals surface area contributed by atoms with Crippen molar-refractivity contribution in [3.63, 3.8) is 0 Å². The van der Waals surface area contributed by atoms with Gasteiger partial charge in [0.25, 0.3) is 0 Å². The molecule has 0 aliphatic rings. The predicted molar refractivity (Wildman–Crippen MR) is 74.8 cm³/mol. The molecule has 1 aromatic heterocycles. The molecule has 0 radical (unpaired) electrons. The van der Waals surface area contributed by atoms with Gasteiger partial charge in [-0.2, -0.15) is 0 Å². The molecule has 1 aromatic carbocycles. The molecule has 0 spiro atoms. The molecular weight excluding hydrogens is 222 g/mol. The first-order valence-electron chi connectivity index (χ1n) is 6.53. The molecule has 1 heterocycles. The molecule has 0 saturated carbocycles. The van der Waals surface area contributed by atoms with Gasteiger partial charge in [0, 0.05) is 18.0 Å². The Morgan fingerprint density at radius 3 is 2.50 bits per heavy atom. The standard InChI is InChI=1S/C16H21NO/c1-4-16-14(9-10-18-16)15(17-3)11-13-7-5-12(2)6-8-13/h5-10,15,17H,4,11H2,1-3H3. The summed E-state index contributed by atoms with van der Waals surface area (Å²) in [4.78, 5) is 0. The highest BCUT2D eigenvalue weighted by Crippen LogP contribution is 2.23. The summed E-state index contributed by atoms with van der Waals surface area (Å²) in [7, 11) is 2.01. The monoisotopic (exact) mass is 243 g/mol. The van der Waals surface area contributed by atoms with Gasteiger partial charge in [0.15, 0.2) is 0 Å². The molecule has 2 nitrogen and oxygen atoms in total. The van der Waals surface area contributed by atoms with Crippen molar-refractivity contribution in [2.24, 2.45) is 0 Å². The second-order valence-electron chi connectivity index (χ2n) is 4.68. The molecule has 1 unspecified atom stereocenters. The first-order valence-corrected chi connectivity index (χ1v) is 6.53. The molecule has 2 rings (SSSR count). The number of aryl methyl sites for hydroxylation is 2. The molecule has 1 N–H and O–H groups in total. The summed E-state index contributed by atoms with van der Waals surface area (Å²) in [6.07, 6.45) is 3.71. The van der Waals surface area contributed by atoms with Gasteiger partial charge in [0.1, 0.15) is 5.76 Å². The van der Waals surface area contributed by atoms with Gasteiger partial charge in [0.2, 0.25) is 0 Å². The lowest BCUT2D eigenvalue weighted by atomic mass is 9.98. The molecule has 1 atom stereocenters. The Hall–Kier alpha value is -1.54. The molecular formula is C16H21NO. The summed E-state index contributed by atoms with van der Waals surface area (Å²) in [5, 5.41) is 3.38. The van der Waals surface area contributed by atoms with E-state index in [0.717, 1.165) is 18.6 Å². The number of rotatable bonds is 5. The Kier molecular flexibility index (Phi) is 4.21. The zero-order valence-electron chi connectivity index (χ0n) is 11.4. The maximum Gasteiger partial charge on any atom is 0.108 e. The Morgan fingerprint density at radius 1 is 1.17 bits per heavy atom. The van der Waals surface area contributed by atoms with Crippen LogP contribution in [0.15, 0.2) is 41.0 Å². The largest absolute Gasteiger partial charge is 0.469 e. The molecule has 0 saturated heterocycles. The van der Waals surface area contributed by atoms with E-state index in [4.69, 9.17) is 4.42 Å². The van der Waals surface area contributed by atoms with Crippen LogP contribution in [0.1, 0.15) is 35.4 Å². The SMILES string of the molecule is CCc1occc1C(Cc1ccc(C)cc1)NC. The number of nitrogens with one attached hydrogen (secondary N) is 1. The first-order chi connectivity index (χ1) is 8.74. The van der Waals surface area contributed by atoms with Crippen LogP contribution in [0.5, 0.6) is 0 Å². The minimum absolute atomic E-state index is 0.321. The van der Waals surface area contributed by atoms with Gasteiger partial charge in [-0.05, 0) is 32.0 Å². The number of hydrogen-bond acceptors (Lipinski definition) is 2. The second-order valence-corrected chi connectivity index (χ2v) is 4.68. The lowest BCUT2D eigenvalue weighted by Crippen LogP contribution is -2.19. The van der Waals surface area contributed by atoms with Gasteiger partial charge >= 0.3 is 0 Å². The maximum atomic E-state index is 5.51. The van der Waals surface area contributed by atoms with Gasteiger partial charge in [0.05, 0.1) is 6.26 Å². The molecule has 96 valence electrons. The van der Waals surface area contributed by atoms with Gasteiger partial charge < -0.3 is 9.73 Å². The van der Waals surface area contributed by atoms with Crippen molar-refractivity contribution in [2.45, 2.75) is 32.7 Å². The van der Waals surface area contributed by atoms with Crippen LogP contribution >= 0.6 is 0 Å². The highest BCUT2D eigenvalue weighted by molar-refractivity contribution is 5.27. The molecule has 2 aromatic rings. The predicted octanol–water partition coefficient (Wildman–Crippen LogP) is 3.65. The fourth-order valence-corrected chi connectivity index (χ4v) is 2.28. The smallest absolute Gasteiger partial charge is 0.108 e. The van der Waals surface area contributed by atoms with Gasteiger partial charge in [-0.1, -0.05) is 36.8 Å². The molecule has 18 heavy (non-hydrogen) atoms. The molecule has 0 aliphatic carbocycles. The fourth-order valence-electron chi connectivity index (χ4n) is 2.28. The van der Waals surface area contributed by atoms with Gasteiger partial charge in [-0.3, -0.25) is 0 Å². The van der Waals surface area contributed by atoms with Crippen molar-refractivity contribution in [3.05, 3.63) is 59.0 Å². The third kappa shape index (κ3) is 2.82. The number of furan rings is 1. The third-order valence-electron chi connectivity index (χ3n) is 3.39. The Labute approximate surface area is 109 Å². The topological polar surface area (TPSA) is 25.2 Å². The van der Waals surface area contributed by atoms with Crippen LogP contribution in [0, 0.1) is 6.92 Å². The van der Waals surface area contributed by atoms with E-state index in [1.165, 1.54) is 16.7 Å². The average molecular weight is 243 g/mol. The number of hydrogen-bond donors (Lipinski definition) is 1. The van der Waals surface area contributed by atoms with E-state index < -0.39 is 0 Å². The Balaban J connectivity index is 2.17. The van der Waals surface area contributed by atoms with Crippen LogP contribution in [-0.2, 0) is 12.8 Å². The quantitative estimate of drug-likeness (QED) is 0.867. The summed E-state index contributed by atoms with van der Waals surface area (Å²) in [6, 6.07) is 11.1.